The summed E-state index contributed by atoms with van der Waals surface area (Å²) in [5.74, 6) is 0. The van der Waals surface area contributed by atoms with Gasteiger partial charge in [0, 0.05) is 13.7 Å². The van der Waals surface area contributed by atoms with Crippen molar-refractivity contribution in [1.82, 2.24) is 0 Å². The summed E-state index contributed by atoms with van der Waals surface area (Å²) in [5.41, 5.74) is 0. The van der Waals surface area contributed by atoms with E-state index in [2.05, 4.69) is 0 Å². The van der Waals surface area contributed by atoms with Gasteiger partial charge in [-0.2, -0.15) is 0 Å². The summed E-state index contributed by atoms with van der Waals surface area (Å²) in [6.45, 7) is 6.89. The molecule has 0 amide bonds. The van der Waals surface area contributed by atoms with Crippen LogP contribution in [0, 0.1) is 0 Å². The van der Waals surface area contributed by atoms with Gasteiger partial charge >= 0.3 is 0 Å². The Hall–Kier alpha value is -0.0800. The highest BCUT2D eigenvalue weighted by atomic mass is 16.5. The Morgan fingerprint density at radius 3 is 1.75 bits per heavy atom. The van der Waals surface area contributed by atoms with Crippen molar-refractivity contribution in [3.05, 3.63) is 0 Å². The first-order valence-electron chi connectivity index (χ1n) is 2.83. The number of rotatable bonds is 2. The molecule has 0 unspecified atom stereocenters. The number of ether oxygens (including phenoxy) is 1. The topological polar surface area (TPSA) is 29.5 Å². The summed E-state index contributed by atoms with van der Waals surface area (Å²) < 4.78 is 5.04. The molecule has 0 aromatic heterocycles. The zero-order chi connectivity index (χ0) is 6.99. The molecule has 0 aliphatic rings. The van der Waals surface area contributed by atoms with Crippen LogP contribution in [-0.4, -0.2) is 24.9 Å². The third-order valence-corrected chi connectivity index (χ3v) is 0.500. The molecular weight excluding hydrogens is 104 g/mol. The van der Waals surface area contributed by atoms with Crippen LogP contribution >= 0.6 is 0 Å². The molecule has 0 aromatic carbocycles. The van der Waals surface area contributed by atoms with Gasteiger partial charge in [0.25, 0.3) is 0 Å². The SMILES string of the molecule is CCOC(C)C.CO. The number of hydrogen-bond donors (Lipinski definition) is 1. The lowest BCUT2D eigenvalue weighted by atomic mass is 10.5. The van der Waals surface area contributed by atoms with Crippen molar-refractivity contribution in [2.24, 2.45) is 0 Å². The summed E-state index contributed by atoms with van der Waals surface area (Å²) in [6, 6.07) is 0. The monoisotopic (exact) mass is 120 g/mol. The third-order valence-electron chi connectivity index (χ3n) is 0.500. The lowest BCUT2D eigenvalue weighted by Crippen LogP contribution is -1.99. The highest BCUT2D eigenvalue weighted by molar-refractivity contribution is 4.30. The molecule has 1 N–H and O–H groups in total. The van der Waals surface area contributed by atoms with Gasteiger partial charge in [-0.05, 0) is 20.8 Å². The van der Waals surface area contributed by atoms with Gasteiger partial charge < -0.3 is 9.84 Å². The van der Waals surface area contributed by atoms with Crippen molar-refractivity contribution in [2.45, 2.75) is 26.9 Å². The average Bonchev–Trinajstić information content (AvgIpc) is 1.72. The van der Waals surface area contributed by atoms with E-state index in [9.17, 15) is 0 Å². The van der Waals surface area contributed by atoms with Crippen LogP contribution in [0.5, 0.6) is 0 Å². The number of aliphatic hydroxyl groups is 1. The summed E-state index contributed by atoms with van der Waals surface area (Å²) in [7, 11) is 1.00. The second-order valence-electron chi connectivity index (χ2n) is 1.50. The summed E-state index contributed by atoms with van der Waals surface area (Å²) in [6.07, 6.45) is 0.398. The molecular formula is C6H16O2. The first kappa shape index (κ1) is 10.8. The van der Waals surface area contributed by atoms with E-state index in [1.54, 1.807) is 0 Å². The lowest BCUT2D eigenvalue weighted by Gasteiger charge is -2.00. The molecule has 0 aromatic rings. The zero-order valence-corrected chi connectivity index (χ0v) is 6.14. The second-order valence-corrected chi connectivity index (χ2v) is 1.50. The Morgan fingerprint density at radius 2 is 1.75 bits per heavy atom. The van der Waals surface area contributed by atoms with E-state index in [0.29, 0.717) is 6.10 Å². The minimum atomic E-state index is 0.398. The van der Waals surface area contributed by atoms with Gasteiger partial charge in [0.15, 0.2) is 0 Å². The molecule has 0 bridgehead atoms. The van der Waals surface area contributed by atoms with E-state index in [1.807, 2.05) is 20.8 Å². The molecule has 8 heavy (non-hydrogen) atoms. The maximum Gasteiger partial charge on any atom is 0.0518 e. The Labute approximate surface area is 51.5 Å². The van der Waals surface area contributed by atoms with Gasteiger partial charge in [0.05, 0.1) is 6.10 Å². The number of aliphatic hydroxyl groups excluding tert-OH is 1. The van der Waals surface area contributed by atoms with Crippen LogP contribution in [0.2, 0.25) is 0 Å². The summed E-state index contributed by atoms with van der Waals surface area (Å²) in [5, 5.41) is 7.00. The van der Waals surface area contributed by atoms with Crippen LogP contribution in [0.4, 0.5) is 0 Å². The van der Waals surface area contributed by atoms with Crippen molar-refractivity contribution in [3.63, 3.8) is 0 Å². The van der Waals surface area contributed by atoms with Crippen molar-refractivity contribution in [2.75, 3.05) is 13.7 Å². The molecule has 2 nitrogen and oxygen atoms in total. The lowest BCUT2D eigenvalue weighted by molar-refractivity contribution is 0.0899. The quantitative estimate of drug-likeness (QED) is 0.590. The molecule has 0 saturated carbocycles. The maximum absolute atomic E-state index is 7.00. The molecule has 0 fully saturated rings. The Morgan fingerprint density at radius 1 is 1.38 bits per heavy atom. The zero-order valence-electron chi connectivity index (χ0n) is 6.14. The highest BCUT2D eigenvalue weighted by Crippen LogP contribution is 1.83. The molecule has 0 heterocycles. The fourth-order valence-corrected chi connectivity index (χ4v) is 0.333. The van der Waals surface area contributed by atoms with Gasteiger partial charge in [0.1, 0.15) is 0 Å². The van der Waals surface area contributed by atoms with Crippen molar-refractivity contribution >= 4 is 0 Å². The molecule has 0 radical (unpaired) electrons. The molecule has 0 spiro atoms. The molecule has 52 valence electrons. The van der Waals surface area contributed by atoms with Crippen LogP contribution in [0.15, 0.2) is 0 Å². The molecule has 0 saturated heterocycles. The van der Waals surface area contributed by atoms with Crippen LogP contribution in [0.1, 0.15) is 20.8 Å². The third kappa shape index (κ3) is 16.8. The van der Waals surface area contributed by atoms with E-state index in [1.165, 1.54) is 0 Å². The normalized spacial score (nSPS) is 8.25. The molecule has 0 aliphatic carbocycles. The largest absolute Gasteiger partial charge is 0.400 e. The maximum atomic E-state index is 7.00. The average molecular weight is 120 g/mol. The summed E-state index contributed by atoms with van der Waals surface area (Å²) in [4.78, 5) is 0. The smallest absolute Gasteiger partial charge is 0.0518 e. The van der Waals surface area contributed by atoms with Crippen LogP contribution < -0.4 is 0 Å². The van der Waals surface area contributed by atoms with Crippen LogP contribution in [0.3, 0.4) is 0 Å². The Kier molecular flexibility index (Phi) is 13.6. The second kappa shape index (κ2) is 10.0. The minimum absolute atomic E-state index is 0.398. The molecule has 0 rings (SSSR count). The number of hydrogen-bond acceptors (Lipinski definition) is 2. The molecule has 0 aliphatic heterocycles. The standard InChI is InChI=1S/C5H12O.CH4O/c1-4-6-5(2)3;1-2/h5H,4H2,1-3H3;2H,1H3. The molecule has 2 heteroatoms. The van der Waals surface area contributed by atoms with E-state index >= 15 is 0 Å². The summed E-state index contributed by atoms with van der Waals surface area (Å²) >= 11 is 0. The van der Waals surface area contributed by atoms with Gasteiger partial charge in [-0.1, -0.05) is 0 Å². The fourth-order valence-electron chi connectivity index (χ4n) is 0.333. The predicted molar refractivity (Wildman–Crippen MR) is 34.9 cm³/mol. The first-order chi connectivity index (χ1) is 3.77. The van der Waals surface area contributed by atoms with Crippen molar-refractivity contribution in [1.29, 1.82) is 0 Å². The van der Waals surface area contributed by atoms with E-state index < -0.39 is 0 Å². The van der Waals surface area contributed by atoms with E-state index in [0.717, 1.165) is 13.7 Å². The minimum Gasteiger partial charge on any atom is -0.400 e. The fraction of sp³-hybridized carbons (Fsp3) is 1.00. The molecule has 0 atom stereocenters. The van der Waals surface area contributed by atoms with Gasteiger partial charge in [0.2, 0.25) is 0 Å². The van der Waals surface area contributed by atoms with Crippen LogP contribution in [0.25, 0.3) is 0 Å². The van der Waals surface area contributed by atoms with E-state index in [-0.39, 0.29) is 0 Å². The van der Waals surface area contributed by atoms with E-state index in [4.69, 9.17) is 9.84 Å². The Balaban J connectivity index is 0. The highest BCUT2D eigenvalue weighted by Gasteiger charge is 1.83. The predicted octanol–water partition coefficient (Wildman–Crippen LogP) is 1.04. The van der Waals surface area contributed by atoms with Gasteiger partial charge in [-0.25, -0.2) is 0 Å². The van der Waals surface area contributed by atoms with Crippen molar-refractivity contribution in [3.8, 4) is 0 Å². The van der Waals surface area contributed by atoms with Gasteiger partial charge in [-0.15, -0.1) is 0 Å². The first-order valence-corrected chi connectivity index (χ1v) is 2.83. The van der Waals surface area contributed by atoms with Crippen LogP contribution in [-0.2, 0) is 4.74 Å². The van der Waals surface area contributed by atoms with Gasteiger partial charge in [-0.3, -0.25) is 0 Å². The Bertz CT molecular complexity index is 27.7. The van der Waals surface area contributed by atoms with Crippen molar-refractivity contribution < 1.29 is 9.84 Å².